The molecule has 0 aliphatic rings. The highest BCUT2D eigenvalue weighted by atomic mass is 19.1. The molecule has 98 valence electrons. The van der Waals surface area contributed by atoms with E-state index < -0.39 is 5.82 Å². The normalized spacial score (nSPS) is 10.4. The van der Waals surface area contributed by atoms with Crippen molar-refractivity contribution in [2.45, 2.75) is 0 Å². The zero-order valence-electron chi connectivity index (χ0n) is 10.5. The van der Waals surface area contributed by atoms with E-state index in [0.29, 0.717) is 16.8 Å². The van der Waals surface area contributed by atoms with Gasteiger partial charge in [0, 0.05) is 23.5 Å². The van der Waals surface area contributed by atoms with Crippen LogP contribution in [0.3, 0.4) is 0 Å². The van der Waals surface area contributed by atoms with Gasteiger partial charge >= 0.3 is 0 Å². The number of ketones is 1. The first-order valence-electron chi connectivity index (χ1n) is 6.13. The quantitative estimate of drug-likeness (QED) is 0.682. The van der Waals surface area contributed by atoms with Crippen molar-refractivity contribution in [3.63, 3.8) is 0 Å². The van der Waals surface area contributed by atoms with Gasteiger partial charge in [-0.15, -0.1) is 0 Å². The summed E-state index contributed by atoms with van der Waals surface area (Å²) in [5, 5.41) is 0. The molecule has 2 aromatic carbocycles. The van der Waals surface area contributed by atoms with Crippen LogP contribution in [0.1, 0.15) is 15.9 Å². The van der Waals surface area contributed by atoms with Crippen LogP contribution < -0.4 is 0 Å². The van der Waals surface area contributed by atoms with E-state index in [0.717, 1.165) is 0 Å². The minimum atomic E-state index is -0.437. The van der Waals surface area contributed by atoms with Crippen LogP contribution >= 0.6 is 0 Å². The molecular formula is C16H11FN2O. The number of nitrogens with zero attached hydrogens (tertiary/aromatic N) is 2. The van der Waals surface area contributed by atoms with Crippen LogP contribution in [-0.2, 0) is 0 Å². The third kappa shape index (κ3) is 2.23. The summed E-state index contributed by atoms with van der Waals surface area (Å²) in [5.41, 5.74) is 1.45. The lowest BCUT2D eigenvalue weighted by Gasteiger charge is -2.09. The van der Waals surface area contributed by atoms with E-state index in [1.54, 1.807) is 53.6 Å². The Kier molecular flexibility index (Phi) is 3.13. The Morgan fingerprint density at radius 2 is 1.90 bits per heavy atom. The molecule has 0 N–H and O–H groups in total. The Morgan fingerprint density at radius 3 is 2.60 bits per heavy atom. The van der Waals surface area contributed by atoms with E-state index in [9.17, 15) is 9.18 Å². The highest BCUT2D eigenvalue weighted by Crippen LogP contribution is 2.19. The molecule has 0 fully saturated rings. The number of halogens is 1. The van der Waals surface area contributed by atoms with Crippen molar-refractivity contribution in [1.82, 2.24) is 9.55 Å². The SMILES string of the molecule is O=C(c1ccccc1)c1cc(F)ccc1-n1ccnc1. The number of carbonyl (C=O) groups is 1. The highest BCUT2D eigenvalue weighted by molar-refractivity contribution is 6.11. The van der Waals surface area contributed by atoms with Crippen LogP contribution in [0.5, 0.6) is 0 Å². The summed E-state index contributed by atoms with van der Waals surface area (Å²) < 4.78 is 15.2. The van der Waals surface area contributed by atoms with Gasteiger partial charge in [0.05, 0.1) is 12.0 Å². The third-order valence-corrected chi connectivity index (χ3v) is 3.02. The molecule has 0 aliphatic heterocycles. The number of hydrogen-bond donors (Lipinski definition) is 0. The molecule has 1 aromatic heterocycles. The minimum absolute atomic E-state index is 0.214. The minimum Gasteiger partial charge on any atom is -0.306 e. The topological polar surface area (TPSA) is 34.9 Å². The largest absolute Gasteiger partial charge is 0.306 e. The Labute approximate surface area is 115 Å². The van der Waals surface area contributed by atoms with Crippen molar-refractivity contribution >= 4 is 5.78 Å². The lowest BCUT2D eigenvalue weighted by Crippen LogP contribution is -2.07. The van der Waals surface area contributed by atoms with Gasteiger partial charge in [0.15, 0.2) is 5.78 Å². The fraction of sp³-hybridized carbons (Fsp3) is 0. The molecular weight excluding hydrogens is 255 g/mol. The van der Waals surface area contributed by atoms with Gasteiger partial charge in [0.2, 0.25) is 0 Å². The van der Waals surface area contributed by atoms with Gasteiger partial charge in [0.25, 0.3) is 0 Å². The Bertz CT molecular complexity index is 736. The average molecular weight is 266 g/mol. The third-order valence-electron chi connectivity index (χ3n) is 3.02. The van der Waals surface area contributed by atoms with Gasteiger partial charge in [-0.3, -0.25) is 4.79 Å². The lowest BCUT2D eigenvalue weighted by atomic mass is 10.0. The Hall–Kier alpha value is -2.75. The summed E-state index contributed by atoms with van der Waals surface area (Å²) in [7, 11) is 0. The van der Waals surface area contributed by atoms with Crippen LogP contribution in [0.2, 0.25) is 0 Å². The summed E-state index contributed by atoms with van der Waals surface area (Å²) in [6.45, 7) is 0. The zero-order valence-corrected chi connectivity index (χ0v) is 10.5. The van der Waals surface area contributed by atoms with Crippen LogP contribution in [0.4, 0.5) is 4.39 Å². The molecule has 0 amide bonds. The molecule has 0 aliphatic carbocycles. The predicted molar refractivity (Wildman–Crippen MR) is 73.4 cm³/mol. The smallest absolute Gasteiger partial charge is 0.195 e. The number of aromatic nitrogens is 2. The van der Waals surface area contributed by atoms with E-state index in [1.807, 2.05) is 6.07 Å². The summed E-state index contributed by atoms with van der Waals surface area (Å²) in [6, 6.07) is 13.0. The summed E-state index contributed by atoms with van der Waals surface area (Å²) in [4.78, 5) is 16.5. The molecule has 3 rings (SSSR count). The number of rotatable bonds is 3. The van der Waals surface area contributed by atoms with E-state index in [-0.39, 0.29) is 5.78 Å². The first-order chi connectivity index (χ1) is 9.75. The van der Waals surface area contributed by atoms with Crippen LogP contribution in [0.25, 0.3) is 5.69 Å². The molecule has 0 unspecified atom stereocenters. The zero-order chi connectivity index (χ0) is 13.9. The van der Waals surface area contributed by atoms with E-state index >= 15 is 0 Å². The second kappa shape index (κ2) is 5.09. The van der Waals surface area contributed by atoms with Gasteiger partial charge in [0.1, 0.15) is 5.82 Å². The van der Waals surface area contributed by atoms with Crippen molar-refractivity contribution in [3.8, 4) is 5.69 Å². The molecule has 3 nitrogen and oxygen atoms in total. The summed E-state index contributed by atoms with van der Waals surface area (Å²) >= 11 is 0. The number of hydrogen-bond acceptors (Lipinski definition) is 2. The van der Waals surface area contributed by atoms with Crippen molar-refractivity contribution < 1.29 is 9.18 Å². The average Bonchev–Trinajstić information content (AvgIpc) is 3.01. The molecule has 3 aromatic rings. The fourth-order valence-electron chi connectivity index (χ4n) is 2.06. The molecule has 1 heterocycles. The predicted octanol–water partition coefficient (Wildman–Crippen LogP) is 3.24. The van der Waals surface area contributed by atoms with E-state index in [1.165, 1.54) is 12.1 Å². The molecule has 0 bridgehead atoms. The first kappa shape index (κ1) is 12.3. The van der Waals surface area contributed by atoms with Crippen molar-refractivity contribution in [3.05, 3.63) is 84.2 Å². The molecule has 0 radical (unpaired) electrons. The van der Waals surface area contributed by atoms with Gasteiger partial charge in [-0.25, -0.2) is 9.37 Å². The molecule has 0 spiro atoms. The summed E-state index contributed by atoms with van der Waals surface area (Å²) in [6.07, 6.45) is 4.91. The van der Waals surface area contributed by atoms with E-state index in [2.05, 4.69) is 4.98 Å². The fourth-order valence-corrected chi connectivity index (χ4v) is 2.06. The van der Waals surface area contributed by atoms with Crippen molar-refractivity contribution in [1.29, 1.82) is 0 Å². The number of imidazole rings is 1. The number of benzene rings is 2. The van der Waals surface area contributed by atoms with Crippen molar-refractivity contribution in [2.24, 2.45) is 0 Å². The monoisotopic (exact) mass is 266 g/mol. The summed E-state index contributed by atoms with van der Waals surface area (Å²) in [5.74, 6) is -0.651. The van der Waals surface area contributed by atoms with Crippen LogP contribution in [0, 0.1) is 5.82 Å². The van der Waals surface area contributed by atoms with E-state index in [4.69, 9.17) is 0 Å². The number of carbonyl (C=O) groups excluding carboxylic acids is 1. The molecule has 4 heteroatoms. The van der Waals surface area contributed by atoms with Gasteiger partial charge < -0.3 is 4.57 Å². The van der Waals surface area contributed by atoms with Gasteiger partial charge in [-0.05, 0) is 18.2 Å². The second-order valence-corrected chi connectivity index (χ2v) is 4.33. The maximum atomic E-state index is 13.5. The van der Waals surface area contributed by atoms with Crippen LogP contribution in [-0.4, -0.2) is 15.3 Å². The maximum absolute atomic E-state index is 13.5. The molecule has 0 saturated heterocycles. The Balaban J connectivity index is 2.13. The molecule has 0 atom stereocenters. The van der Waals surface area contributed by atoms with Crippen LogP contribution in [0.15, 0.2) is 67.3 Å². The molecule has 20 heavy (non-hydrogen) atoms. The van der Waals surface area contributed by atoms with Gasteiger partial charge in [-0.2, -0.15) is 0 Å². The maximum Gasteiger partial charge on any atom is 0.195 e. The lowest BCUT2D eigenvalue weighted by molar-refractivity contribution is 0.103. The Morgan fingerprint density at radius 1 is 1.10 bits per heavy atom. The van der Waals surface area contributed by atoms with Gasteiger partial charge in [-0.1, -0.05) is 30.3 Å². The second-order valence-electron chi connectivity index (χ2n) is 4.33. The van der Waals surface area contributed by atoms with Crippen molar-refractivity contribution in [2.75, 3.05) is 0 Å². The highest BCUT2D eigenvalue weighted by Gasteiger charge is 2.15. The standard InChI is InChI=1S/C16H11FN2O/c17-13-6-7-15(19-9-8-18-11-19)14(10-13)16(20)12-4-2-1-3-5-12/h1-11H. The molecule has 0 saturated carbocycles. The first-order valence-corrected chi connectivity index (χ1v) is 6.13.